The van der Waals surface area contributed by atoms with Gasteiger partial charge in [0.1, 0.15) is 4.21 Å². The molecule has 0 unspecified atom stereocenters. The molecule has 0 saturated carbocycles. The molecule has 10 heteroatoms. The number of halogens is 2. The van der Waals surface area contributed by atoms with Crippen molar-refractivity contribution in [3.05, 3.63) is 44.2 Å². The number of aryl methyl sites for hydroxylation is 1. The summed E-state index contributed by atoms with van der Waals surface area (Å²) in [5, 5.41) is 2.91. The maximum atomic E-state index is 12.8. The molecule has 1 N–H and O–H groups in total. The van der Waals surface area contributed by atoms with Gasteiger partial charge in [-0.3, -0.25) is 9.69 Å². The molecule has 3 rings (SSSR count). The molecule has 0 atom stereocenters. The second-order valence-electron chi connectivity index (χ2n) is 6.60. The van der Waals surface area contributed by atoms with Crippen LogP contribution in [-0.4, -0.2) is 56.3 Å². The number of benzene rings is 1. The zero-order valence-electron chi connectivity index (χ0n) is 15.3. The molecule has 2 aromatic rings. The molecule has 1 aliphatic heterocycles. The zero-order valence-corrected chi connectivity index (χ0v) is 20.1. The fourth-order valence-corrected chi connectivity index (χ4v) is 6.92. The number of anilines is 1. The van der Waals surface area contributed by atoms with Crippen LogP contribution in [-0.2, 0) is 14.8 Å². The first-order valence-corrected chi connectivity index (χ1v) is 12.6. The summed E-state index contributed by atoms with van der Waals surface area (Å²) in [6.07, 6.45) is 0.691. The Bertz CT molecular complexity index is 963. The minimum absolute atomic E-state index is 0.0970. The summed E-state index contributed by atoms with van der Waals surface area (Å²) >= 11 is 7.98. The van der Waals surface area contributed by atoms with Crippen molar-refractivity contribution in [2.75, 3.05) is 38.0 Å². The van der Waals surface area contributed by atoms with Crippen molar-refractivity contribution in [3.8, 4) is 0 Å². The fraction of sp³-hybridized carbons (Fsp3) is 0.389. The predicted octanol–water partition coefficient (Wildman–Crippen LogP) is 3.92. The number of thiophene rings is 1. The number of hydrogen-bond donors (Lipinski definition) is 1. The first kappa shape index (κ1) is 21.9. The maximum absolute atomic E-state index is 12.8. The molecule has 152 valence electrons. The second kappa shape index (κ2) is 9.36. The van der Waals surface area contributed by atoms with E-state index in [-0.39, 0.29) is 12.5 Å². The molecule has 1 aliphatic rings. The Hall–Kier alpha value is -0.780. The molecular formula is C18H21Br2N3O3S2. The van der Waals surface area contributed by atoms with Crippen LogP contribution in [0.25, 0.3) is 0 Å². The molecule has 0 radical (unpaired) electrons. The van der Waals surface area contributed by atoms with Crippen LogP contribution < -0.4 is 5.32 Å². The molecule has 6 nitrogen and oxygen atoms in total. The Balaban J connectivity index is 1.57. The minimum atomic E-state index is -3.48. The van der Waals surface area contributed by atoms with Gasteiger partial charge in [0.25, 0.3) is 10.0 Å². The Kier molecular flexibility index (Phi) is 7.32. The van der Waals surface area contributed by atoms with Crippen molar-refractivity contribution in [1.82, 2.24) is 9.21 Å². The van der Waals surface area contributed by atoms with Gasteiger partial charge in [-0.1, -0.05) is 15.9 Å². The highest BCUT2D eigenvalue weighted by Gasteiger charge is 2.28. The molecule has 1 fully saturated rings. The first-order chi connectivity index (χ1) is 13.3. The molecule has 28 heavy (non-hydrogen) atoms. The smallest absolute Gasteiger partial charge is 0.252 e. The van der Waals surface area contributed by atoms with Gasteiger partial charge in [-0.15, -0.1) is 11.3 Å². The summed E-state index contributed by atoms with van der Waals surface area (Å²) in [6, 6.07) is 9.04. The minimum Gasteiger partial charge on any atom is -0.325 e. The third-order valence-electron chi connectivity index (χ3n) is 4.50. The SMILES string of the molecule is Cc1cc(NC(=O)CN2CCCN(S(=O)(=O)c3ccc(Br)s3)CC2)ccc1Br. The number of nitrogens with zero attached hydrogens (tertiary/aromatic N) is 2. The van der Waals surface area contributed by atoms with Crippen LogP contribution in [0, 0.1) is 6.92 Å². The maximum Gasteiger partial charge on any atom is 0.252 e. The first-order valence-electron chi connectivity index (χ1n) is 8.79. The van der Waals surface area contributed by atoms with E-state index in [1.54, 1.807) is 12.1 Å². The summed E-state index contributed by atoms with van der Waals surface area (Å²) in [7, 11) is -3.48. The third kappa shape index (κ3) is 5.43. The van der Waals surface area contributed by atoms with Crippen LogP contribution in [0.2, 0.25) is 0 Å². The van der Waals surface area contributed by atoms with Crippen molar-refractivity contribution in [2.24, 2.45) is 0 Å². The van der Waals surface area contributed by atoms with Crippen molar-refractivity contribution in [3.63, 3.8) is 0 Å². The van der Waals surface area contributed by atoms with Crippen LogP contribution in [0.4, 0.5) is 5.69 Å². The summed E-state index contributed by atoms with van der Waals surface area (Å²) in [6.45, 7) is 4.26. The lowest BCUT2D eigenvalue weighted by Crippen LogP contribution is -2.37. The average Bonchev–Trinajstić information content (AvgIpc) is 2.94. The van der Waals surface area contributed by atoms with Crippen molar-refractivity contribution < 1.29 is 13.2 Å². The lowest BCUT2D eigenvalue weighted by Gasteiger charge is -2.21. The van der Waals surface area contributed by atoms with E-state index in [1.807, 2.05) is 30.0 Å². The van der Waals surface area contributed by atoms with Crippen LogP contribution in [0.1, 0.15) is 12.0 Å². The van der Waals surface area contributed by atoms with Gasteiger partial charge in [-0.25, -0.2) is 8.42 Å². The van der Waals surface area contributed by atoms with Gasteiger partial charge in [0.2, 0.25) is 5.91 Å². The highest BCUT2D eigenvalue weighted by atomic mass is 79.9. The molecule has 0 bridgehead atoms. The number of carbonyl (C=O) groups excluding carboxylic acids is 1. The molecule has 1 aromatic heterocycles. The van der Waals surface area contributed by atoms with Gasteiger partial charge in [0.05, 0.1) is 10.3 Å². The van der Waals surface area contributed by atoms with E-state index in [0.717, 1.165) is 19.5 Å². The number of rotatable bonds is 5. The van der Waals surface area contributed by atoms with Crippen molar-refractivity contribution in [1.29, 1.82) is 0 Å². The number of hydrogen-bond acceptors (Lipinski definition) is 5. The topological polar surface area (TPSA) is 69.7 Å². The van der Waals surface area contributed by atoms with Crippen LogP contribution >= 0.6 is 43.2 Å². The van der Waals surface area contributed by atoms with Crippen molar-refractivity contribution in [2.45, 2.75) is 17.6 Å². The van der Waals surface area contributed by atoms with Crippen LogP contribution in [0.3, 0.4) is 0 Å². The van der Waals surface area contributed by atoms with Gasteiger partial charge in [-0.2, -0.15) is 4.31 Å². The number of sulfonamides is 1. The summed E-state index contributed by atoms with van der Waals surface area (Å²) < 4.78 is 29.2. The molecule has 1 amide bonds. The second-order valence-corrected chi connectivity index (χ2v) is 12.1. The predicted molar refractivity (Wildman–Crippen MR) is 119 cm³/mol. The molecule has 0 spiro atoms. The number of amides is 1. The van der Waals surface area contributed by atoms with Gasteiger partial charge in [-0.05, 0) is 71.7 Å². The third-order valence-corrected chi connectivity index (χ3v) is 9.38. The van der Waals surface area contributed by atoms with E-state index in [9.17, 15) is 13.2 Å². The monoisotopic (exact) mass is 549 g/mol. The van der Waals surface area contributed by atoms with Crippen LogP contribution in [0.15, 0.2) is 42.8 Å². The average molecular weight is 551 g/mol. The van der Waals surface area contributed by atoms with Gasteiger partial charge in [0.15, 0.2) is 0 Å². The number of nitrogens with one attached hydrogen (secondary N) is 1. The summed E-state index contributed by atoms with van der Waals surface area (Å²) in [5.41, 5.74) is 1.81. The molecule has 1 aromatic carbocycles. The van der Waals surface area contributed by atoms with E-state index in [4.69, 9.17) is 0 Å². The largest absolute Gasteiger partial charge is 0.325 e. The highest BCUT2D eigenvalue weighted by molar-refractivity contribution is 9.11. The molecule has 1 saturated heterocycles. The molecule has 0 aliphatic carbocycles. The quantitative estimate of drug-likeness (QED) is 0.612. The van der Waals surface area contributed by atoms with E-state index in [0.29, 0.717) is 36.8 Å². The lowest BCUT2D eigenvalue weighted by molar-refractivity contribution is -0.117. The van der Waals surface area contributed by atoms with E-state index in [1.165, 1.54) is 15.6 Å². The summed E-state index contributed by atoms with van der Waals surface area (Å²) in [5.74, 6) is -0.0970. The molecule has 2 heterocycles. The molecular weight excluding hydrogens is 530 g/mol. The highest BCUT2D eigenvalue weighted by Crippen LogP contribution is 2.29. The van der Waals surface area contributed by atoms with Gasteiger partial charge >= 0.3 is 0 Å². The Morgan fingerprint density at radius 2 is 1.93 bits per heavy atom. The summed E-state index contributed by atoms with van der Waals surface area (Å²) in [4.78, 5) is 14.4. The Morgan fingerprint density at radius 1 is 1.14 bits per heavy atom. The standard InChI is InChI=1S/C18H21Br2N3O3S2/c1-13-11-14(3-4-15(13)19)21-17(24)12-22-7-2-8-23(10-9-22)28(25,26)18-6-5-16(20)27-18/h3-6,11H,2,7-10,12H2,1H3,(H,21,24). The van der Waals surface area contributed by atoms with Crippen LogP contribution in [0.5, 0.6) is 0 Å². The zero-order chi connectivity index (χ0) is 20.3. The lowest BCUT2D eigenvalue weighted by atomic mass is 10.2. The Morgan fingerprint density at radius 3 is 2.61 bits per heavy atom. The van der Waals surface area contributed by atoms with E-state index >= 15 is 0 Å². The number of carbonyl (C=O) groups is 1. The van der Waals surface area contributed by atoms with Gasteiger partial charge in [0, 0.05) is 29.8 Å². The van der Waals surface area contributed by atoms with E-state index < -0.39 is 10.0 Å². The van der Waals surface area contributed by atoms with E-state index in [2.05, 4.69) is 37.2 Å². The Labute approximate surface area is 186 Å². The fourth-order valence-electron chi connectivity index (χ4n) is 3.04. The normalized spacial score (nSPS) is 16.7. The van der Waals surface area contributed by atoms with Crippen molar-refractivity contribution >= 4 is 64.8 Å². The van der Waals surface area contributed by atoms with Gasteiger partial charge < -0.3 is 5.32 Å².